The zero-order chi connectivity index (χ0) is 14.1. The summed E-state index contributed by atoms with van der Waals surface area (Å²) in [5, 5.41) is 14.6. The maximum atomic E-state index is 10.9. The smallest absolute Gasteiger partial charge is 0.336 e. The first-order valence-corrected chi connectivity index (χ1v) is 7.49. The summed E-state index contributed by atoms with van der Waals surface area (Å²) >= 11 is 1.50. The average molecular weight is 292 g/mol. The first kappa shape index (κ1) is 13.3. The van der Waals surface area contributed by atoms with E-state index in [1.165, 1.54) is 11.3 Å². The normalized spacial score (nSPS) is 19.6. The van der Waals surface area contributed by atoms with Gasteiger partial charge in [0.25, 0.3) is 0 Å². The average Bonchev–Trinajstić information content (AvgIpc) is 3.09. The van der Waals surface area contributed by atoms with Crippen LogP contribution in [0, 0.1) is 6.92 Å². The molecule has 1 saturated heterocycles. The summed E-state index contributed by atoms with van der Waals surface area (Å²) in [6, 6.07) is 4.00. The molecule has 2 aromatic rings. The predicted molar refractivity (Wildman–Crippen MR) is 74.9 cm³/mol. The minimum absolute atomic E-state index is 0.256. The monoisotopic (exact) mass is 292 g/mol. The highest BCUT2D eigenvalue weighted by atomic mass is 32.1. The number of rotatable bonds is 4. The molecule has 1 aliphatic rings. The number of thiophene rings is 1. The third kappa shape index (κ3) is 2.62. The van der Waals surface area contributed by atoms with E-state index in [4.69, 9.17) is 9.63 Å². The number of nitrogens with zero attached hydrogens (tertiary/aromatic N) is 2. The Labute approximate surface area is 120 Å². The molecule has 0 amide bonds. The van der Waals surface area contributed by atoms with Gasteiger partial charge in [-0.15, -0.1) is 11.3 Å². The fourth-order valence-electron chi connectivity index (χ4n) is 2.65. The van der Waals surface area contributed by atoms with Crippen LogP contribution in [0.5, 0.6) is 0 Å². The molecular formula is C14H16N2O3S. The summed E-state index contributed by atoms with van der Waals surface area (Å²) in [5.74, 6) is 0.0475. The van der Waals surface area contributed by atoms with E-state index in [0.29, 0.717) is 5.56 Å². The van der Waals surface area contributed by atoms with Gasteiger partial charge >= 0.3 is 5.97 Å². The molecule has 5 nitrogen and oxygen atoms in total. The van der Waals surface area contributed by atoms with Gasteiger partial charge in [-0.25, -0.2) is 4.79 Å². The van der Waals surface area contributed by atoms with Crippen LogP contribution >= 0.6 is 11.3 Å². The molecule has 0 spiro atoms. The van der Waals surface area contributed by atoms with Crippen LogP contribution in [0.4, 0.5) is 0 Å². The molecule has 20 heavy (non-hydrogen) atoms. The third-order valence-corrected chi connectivity index (χ3v) is 4.52. The zero-order valence-electron chi connectivity index (χ0n) is 11.2. The van der Waals surface area contributed by atoms with E-state index < -0.39 is 5.97 Å². The Kier molecular flexibility index (Phi) is 3.58. The molecule has 1 atom stereocenters. The van der Waals surface area contributed by atoms with Gasteiger partial charge in [-0.2, -0.15) is 0 Å². The number of hydrogen-bond donors (Lipinski definition) is 1. The van der Waals surface area contributed by atoms with Gasteiger partial charge in [0.1, 0.15) is 0 Å². The number of aromatic carboxylic acids is 1. The van der Waals surface area contributed by atoms with Crippen LogP contribution in [-0.4, -0.2) is 27.7 Å². The highest BCUT2D eigenvalue weighted by Gasteiger charge is 2.29. The maximum absolute atomic E-state index is 10.9. The Morgan fingerprint density at radius 3 is 3.10 bits per heavy atom. The molecule has 0 aliphatic carbocycles. The Morgan fingerprint density at radius 1 is 1.60 bits per heavy atom. The number of likely N-dealkylation sites (tertiary alicyclic amines) is 1. The summed E-state index contributed by atoms with van der Waals surface area (Å²) in [5.41, 5.74) is 1.27. The van der Waals surface area contributed by atoms with Gasteiger partial charge in [0.05, 0.1) is 17.3 Å². The molecule has 1 N–H and O–H groups in total. The van der Waals surface area contributed by atoms with Gasteiger partial charge in [0.15, 0.2) is 5.76 Å². The van der Waals surface area contributed by atoms with Crippen molar-refractivity contribution < 1.29 is 14.4 Å². The van der Waals surface area contributed by atoms with Gasteiger partial charge in [-0.3, -0.25) is 4.90 Å². The third-order valence-electron chi connectivity index (χ3n) is 3.60. The molecule has 3 rings (SSSR count). The topological polar surface area (TPSA) is 66.6 Å². The van der Waals surface area contributed by atoms with Crippen LogP contribution < -0.4 is 0 Å². The molecule has 0 bridgehead atoms. The molecule has 0 aromatic carbocycles. The number of aryl methyl sites for hydroxylation is 1. The molecular weight excluding hydrogens is 276 g/mol. The van der Waals surface area contributed by atoms with Gasteiger partial charge < -0.3 is 9.63 Å². The van der Waals surface area contributed by atoms with E-state index in [2.05, 4.69) is 10.1 Å². The Bertz CT molecular complexity index is 619. The second-order valence-electron chi connectivity index (χ2n) is 5.11. The molecule has 1 aliphatic heterocycles. The van der Waals surface area contributed by atoms with E-state index in [1.54, 1.807) is 11.4 Å². The predicted octanol–water partition coefficient (Wildman–Crippen LogP) is 3.08. The van der Waals surface area contributed by atoms with Gasteiger partial charge in [0.2, 0.25) is 0 Å². The van der Waals surface area contributed by atoms with E-state index in [1.807, 2.05) is 13.0 Å². The summed E-state index contributed by atoms with van der Waals surface area (Å²) in [6.45, 7) is 3.69. The maximum Gasteiger partial charge on any atom is 0.336 e. The molecule has 106 valence electrons. The Hall–Kier alpha value is -1.66. The van der Waals surface area contributed by atoms with Crippen molar-refractivity contribution in [2.24, 2.45) is 0 Å². The lowest BCUT2D eigenvalue weighted by molar-refractivity contribution is 0.0697. The van der Waals surface area contributed by atoms with Gasteiger partial charge in [-0.1, -0.05) is 5.16 Å². The van der Waals surface area contributed by atoms with Gasteiger partial charge in [-0.05, 0) is 32.4 Å². The summed E-state index contributed by atoms with van der Waals surface area (Å²) in [4.78, 5) is 14.3. The molecule has 2 aromatic heterocycles. The van der Waals surface area contributed by atoms with Crippen LogP contribution in [0.2, 0.25) is 0 Å². The molecule has 6 heteroatoms. The van der Waals surface area contributed by atoms with Crippen LogP contribution in [0.15, 0.2) is 22.0 Å². The van der Waals surface area contributed by atoms with Crippen molar-refractivity contribution >= 4 is 17.3 Å². The number of hydrogen-bond acceptors (Lipinski definition) is 5. The van der Waals surface area contributed by atoms with Crippen molar-refractivity contribution in [1.29, 1.82) is 0 Å². The SMILES string of the molecule is Cc1cc(C2CCCN2Cc2cc(C(=O)O)cs2)on1. The van der Waals surface area contributed by atoms with E-state index in [0.717, 1.165) is 42.3 Å². The summed E-state index contributed by atoms with van der Waals surface area (Å²) in [6.07, 6.45) is 2.19. The van der Waals surface area contributed by atoms with E-state index >= 15 is 0 Å². The lowest BCUT2D eigenvalue weighted by Gasteiger charge is -2.21. The quantitative estimate of drug-likeness (QED) is 0.938. The van der Waals surface area contributed by atoms with E-state index in [9.17, 15) is 4.79 Å². The first-order valence-electron chi connectivity index (χ1n) is 6.61. The highest BCUT2D eigenvalue weighted by Crippen LogP contribution is 2.34. The van der Waals surface area contributed by atoms with Crippen LogP contribution in [0.3, 0.4) is 0 Å². The van der Waals surface area contributed by atoms with E-state index in [-0.39, 0.29) is 6.04 Å². The lowest BCUT2D eigenvalue weighted by atomic mass is 10.1. The van der Waals surface area contributed by atoms with Crippen molar-refractivity contribution in [3.05, 3.63) is 39.4 Å². The van der Waals surface area contributed by atoms with Crippen molar-refractivity contribution in [3.63, 3.8) is 0 Å². The zero-order valence-corrected chi connectivity index (χ0v) is 12.0. The number of carboxylic acids is 1. The number of carbonyl (C=O) groups is 1. The lowest BCUT2D eigenvalue weighted by Crippen LogP contribution is -2.21. The summed E-state index contributed by atoms with van der Waals surface area (Å²) in [7, 11) is 0. The standard InChI is InChI=1S/C14H16N2O3S/c1-9-5-13(19-15-9)12-3-2-4-16(12)7-11-6-10(8-20-11)14(17)18/h5-6,8,12H,2-4,7H2,1H3,(H,17,18). The molecule has 0 saturated carbocycles. The van der Waals surface area contributed by atoms with Crippen molar-refractivity contribution in [2.75, 3.05) is 6.54 Å². The Morgan fingerprint density at radius 2 is 2.45 bits per heavy atom. The van der Waals surface area contributed by atoms with Crippen LogP contribution in [0.1, 0.15) is 45.6 Å². The second kappa shape index (κ2) is 5.38. The van der Waals surface area contributed by atoms with Crippen molar-refractivity contribution in [3.8, 4) is 0 Å². The summed E-state index contributed by atoms with van der Waals surface area (Å²) < 4.78 is 5.38. The molecule has 0 radical (unpaired) electrons. The molecule has 1 fully saturated rings. The second-order valence-corrected chi connectivity index (χ2v) is 6.10. The van der Waals surface area contributed by atoms with Crippen molar-refractivity contribution in [1.82, 2.24) is 10.1 Å². The fraction of sp³-hybridized carbons (Fsp3) is 0.429. The fourth-order valence-corrected chi connectivity index (χ4v) is 3.54. The van der Waals surface area contributed by atoms with Crippen LogP contribution in [-0.2, 0) is 6.54 Å². The van der Waals surface area contributed by atoms with Crippen molar-refractivity contribution in [2.45, 2.75) is 32.4 Å². The van der Waals surface area contributed by atoms with Crippen LogP contribution in [0.25, 0.3) is 0 Å². The minimum Gasteiger partial charge on any atom is -0.478 e. The largest absolute Gasteiger partial charge is 0.478 e. The molecule has 1 unspecified atom stereocenters. The van der Waals surface area contributed by atoms with Gasteiger partial charge in [0, 0.05) is 22.9 Å². The Balaban J connectivity index is 1.73. The number of carboxylic acid groups (broad SMARTS) is 1. The molecule has 3 heterocycles. The minimum atomic E-state index is -0.865. The highest BCUT2D eigenvalue weighted by molar-refractivity contribution is 7.10. The number of aromatic nitrogens is 1. The first-order chi connectivity index (χ1) is 9.63.